The molecule has 0 saturated carbocycles. The van der Waals surface area contributed by atoms with Crippen molar-refractivity contribution in [2.75, 3.05) is 0 Å². The Labute approximate surface area is 102 Å². The summed E-state index contributed by atoms with van der Waals surface area (Å²) in [6, 6.07) is 6.96. The Bertz CT molecular complexity index is 534. The molecule has 0 unspecified atom stereocenters. The molecule has 2 nitrogen and oxygen atoms in total. The highest BCUT2D eigenvalue weighted by molar-refractivity contribution is 6.31. The summed E-state index contributed by atoms with van der Waals surface area (Å²) in [5.74, 6) is -1.08. The molecular formula is C12H8ClF2NO. The van der Waals surface area contributed by atoms with Crippen molar-refractivity contribution in [2.24, 2.45) is 0 Å². The number of ether oxygens (including phenoxy) is 1. The van der Waals surface area contributed by atoms with E-state index in [1.54, 1.807) is 6.07 Å². The number of benzene rings is 1. The lowest BCUT2D eigenvalue weighted by atomic mass is 10.2. The maximum Gasteiger partial charge on any atom is 0.255 e. The molecule has 0 amide bonds. The minimum atomic E-state index is -0.689. The van der Waals surface area contributed by atoms with Gasteiger partial charge in [-0.2, -0.15) is 4.39 Å². The van der Waals surface area contributed by atoms with E-state index in [1.807, 2.05) is 0 Å². The van der Waals surface area contributed by atoms with Gasteiger partial charge in [-0.1, -0.05) is 17.7 Å². The predicted octanol–water partition coefficient (Wildman–Crippen LogP) is 3.59. The topological polar surface area (TPSA) is 22.1 Å². The van der Waals surface area contributed by atoms with Crippen LogP contribution in [-0.2, 0) is 6.61 Å². The number of rotatable bonds is 3. The van der Waals surface area contributed by atoms with Crippen LogP contribution in [0.3, 0.4) is 0 Å². The number of aromatic nitrogens is 1. The lowest BCUT2D eigenvalue weighted by Gasteiger charge is -2.07. The van der Waals surface area contributed by atoms with Gasteiger partial charge in [-0.15, -0.1) is 0 Å². The molecule has 1 aromatic heterocycles. The maximum atomic E-state index is 13.1. The summed E-state index contributed by atoms with van der Waals surface area (Å²) in [6.45, 7) is 0.0573. The van der Waals surface area contributed by atoms with Crippen molar-refractivity contribution >= 4 is 11.6 Å². The minimum Gasteiger partial charge on any atom is -0.484 e. The third-order valence-electron chi connectivity index (χ3n) is 2.12. The Morgan fingerprint density at radius 3 is 2.76 bits per heavy atom. The Kier molecular flexibility index (Phi) is 3.54. The van der Waals surface area contributed by atoms with Crippen molar-refractivity contribution in [3.05, 3.63) is 58.9 Å². The second-order valence-electron chi connectivity index (χ2n) is 3.32. The molecule has 0 saturated heterocycles. The summed E-state index contributed by atoms with van der Waals surface area (Å²) >= 11 is 5.81. The predicted molar refractivity (Wildman–Crippen MR) is 59.9 cm³/mol. The van der Waals surface area contributed by atoms with Gasteiger partial charge in [-0.25, -0.2) is 9.37 Å². The number of pyridine rings is 1. The first-order valence-corrected chi connectivity index (χ1v) is 5.22. The molecule has 0 atom stereocenters. The van der Waals surface area contributed by atoms with Crippen LogP contribution in [0.4, 0.5) is 8.78 Å². The molecule has 0 fully saturated rings. The SMILES string of the molecule is Fc1ccc(COc2cccnc2F)c(Cl)c1. The molecule has 0 N–H and O–H groups in total. The quantitative estimate of drug-likeness (QED) is 0.782. The number of hydrogen-bond acceptors (Lipinski definition) is 2. The minimum absolute atomic E-state index is 0.0351. The van der Waals surface area contributed by atoms with Crippen molar-refractivity contribution in [3.63, 3.8) is 0 Å². The standard InChI is InChI=1S/C12H8ClF2NO/c13-10-6-9(14)4-3-8(10)7-17-11-2-1-5-16-12(11)15/h1-6H,7H2. The third kappa shape index (κ3) is 2.91. The monoisotopic (exact) mass is 255 g/mol. The normalized spacial score (nSPS) is 10.3. The Morgan fingerprint density at radius 2 is 2.06 bits per heavy atom. The first-order chi connectivity index (χ1) is 8.16. The molecule has 1 aromatic carbocycles. The van der Waals surface area contributed by atoms with E-state index in [0.29, 0.717) is 5.56 Å². The lowest BCUT2D eigenvalue weighted by Crippen LogP contribution is -1.99. The van der Waals surface area contributed by atoms with Crippen LogP contribution in [0.1, 0.15) is 5.56 Å². The van der Waals surface area contributed by atoms with Crippen LogP contribution in [0.25, 0.3) is 0 Å². The Balaban J connectivity index is 2.10. The maximum absolute atomic E-state index is 13.1. The van der Waals surface area contributed by atoms with E-state index in [4.69, 9.17) is 16.3 Å². The highest BCUT2D eigenvalue weighted by Crippen LogP contribution is 2.20. The molecule has 2 rings (SSSR count). The van der Waals surface area contributed by atoms with Crippen LogP contribution in [0.15, 0.2) is 36.5 Å². The van der Waals surface area contributed by atoms with Gasteiger partial charge in [0.15, 0.2) is 5.75 Å². The summed E-state index contributed by atoms with van der Waals surface area (Å²) in [4.78, 5) is 3.44. The first-order valence-electron chi connectivity index (χ1n) is 4.84. The van der Waals surface area contributed by atoms with Crippen molar-refractivity contribution in [3.8, 4) is 5.75 Å². The molecule has 0 spiro atoms. The molecule has 0 bridgehead atoms. The highest BCUT2D eigenvalue weighted by atomic mass is 35.5. The molecule has 5 heteroatoms. The van der Waals surface area contributed by atoms with Gasteiger partial charge >= 0.3 is 0 Å². The molecular weight excluding hydrogens is 248 g/mol. The van der Waals surface area contributed by atoms with Crippen LogP contribution in [0.2, 0.25) is 5.02 Å². The summed E-state index contributed by atoms with van der Waals surface area (Å²) < 4.78 is 31.1. The van der Waals surface area contributed by atoms with E-state index in [0.717, 1.165) is 0 Å². The zero-order valence-corrected chi connectivity index (χ0v) is 9.42. The van der Waals surface area contributed by atoms with Crippen molar-refractivity contribution in [1.29, 1.82) is 0 Å². The number of halogens is 3. The van der Waals surface area contributed by atoms with Crippen LogP contribution in [0, 0.1) is 11.8 Å². The fraction of sp³-hybridized carbons (Fsp3) is 0.0833. The average molecular weight is 256 g/mol. The van der Waals surface area contributed by atoms with Crippen molar-refractivity contribution in [2.45, 2.75) is 6.61 Å². The zero-order chi connectivity index (χ0) is 12.3. The highest BCUT2D eigenvalue weighted by Gasteiger charge is 2.06. The van der Waals surface area contributed by atoms with Crippen molar-refractivity contribution in [1.82, 2.24) is 4.98 Å². The summed E-state index contributed by atoms with van der Waals surface area (Å²) in [6.07, 6.45) is 1.33. The van der Waals surface area contributed by atoms with E-state index in [9.17, 15) is 8.78 Å². The van der Waals surface area contributed by atoms with E-state index >= 15 is 0 Å². The van der Waals surface area contributed by atoms with Crippen LogP contribution >= 0.6 is 11.6 Å². The van der Waals surface area contributed by atoms with Crippen LogP contribution < -0.4 is 4.74 Å². The number of nitrogens with zero attached hydrogens (tertiary/aromatic N) is 1. The van der Waals surface area contributed by atoms with Gasteiger partial charge in [0.2, 0.25) is 0 Å². The van der Waals surface area contributed by atoms with Gasteiger partial charge in [0, 0.05) is 11.8 Å². The fourth-order valence-corrected chi connectivity index (χ4v) is 1.49. The van der Waals surface area contributed by atoms with E-state index < -0.39 is 11.8 Å². The number of hydrogen-bond donors (Lipinski definition) is 0. The molecule has 0 aliphatic rings. The molecule has 88 valence electrons. The fourth-order valence-electron chi connectivity index (χ4n) is 1.27. The second kappa shape index (κ2) is 5.10. The van der Waals surface area contributed by atoms with E-state index in [-0.39, 0.29) is 17.4 Å². The van der Waals surface area contributed by atoms with Crippen LogP contribution in [-0.4, -0.2) is 4.98 Å². The lowest BCUT2D eigenvalue weighted by molar-refractivity contribution is 0.286. The molecule has 0 aliphatic carbocycles. The first kappa shape index (κ1) is 11.8. The molecule has 0 aliphatic heterocycles. The summed E-state index contributed by atoms with van der Waals surface area (Å²) in [5.41, 5.74) is 0.580. The molecule has 0 radical (unpaired) electrons. The van der Waals surface area contributed by atoms with Gasteiger partial charge in [-0.05, 0) is 24.3 Å². The van der Waals surface area contributed by atoms with Gasteiger partial charge < -0.3 is 4.74 Å². The average Bonchev–Trinajstić information content (AvgIpc) is 2.30. The molecule has 2 aromatic rings. The second-order valence-corrected chi connectivity index (χ2v) is 3.72. The Morgan fingerprint density at radius 1 is 1.24 bits per heavy atom. The molecule has 17 heavy (non-hydrogen) atoms. The van der Waals surface area contributed by atoms with E-state index in [2.05, 4.69) is 4.98 Å². The van der Waals surface area contributed by atoms with Gasteiger partial charge in [0.25, 0.3) is 5.95 Å². The van der Waals surface area contributed by atoms with Gasteiger partial charge in [-0.3, -0.25) is 0 Å². The summed E-state index contributed by atoms with van der Waals surface area (Å²) in [5, 5.41) is 0.245. The zero-order valence-electron chi connectivity index (χ0n) is 8.66. The van der Waals surface area contributed by atoms with Crippen LogP contribution in [0.5, 0.6) is 5.75 Å². The molecule has 1 heterocycles. The van der Waals surface area contributed by atoms with Crippen molar-refractivity contribution < 1.29 is 13.5 Å². The smallest absolute Gasteiger partial charge is 0.255 e. The third-order valence-corrected chi connectivity index (χ3v) is 2.48. The van der Waals surface area contributed by atoms with E-state index in [1.165, 1.54) is 30.5 Å². The largest absolute Gasteiger partial charge is 0.484 e. The Hall–Kier alpha value is -1.68. The van der Waals surface area contributed by atoms with Gasteiger partial charge in [0.05, 0.1) is 5.02 Å². The van der Waals surface area contributed by atoms with Gasteiger partial charge in [0.1, 0.15) is 12.4 Å². The summed E-state index contributed by atoms with van der Waals surface area (Å²) in [7, 11) is 0.